The van der Waals surface area contributed by atoms with Gasteiger partial charge in [0.1, 0.15) is 0 Å². The van der Waals surface area contributed by atoms with Crippen LogP contribution in [0.2, 0.25) is 0 Å². The zero-order chi connectivity index (χ0) is 21.9. The third-order valence-corrected chi connectivity index (χ3v) is 4.55. The van der Waals surface area contributed by atoms with E-state index in [2.05, 4.69) is 19.9 Å². The molecule has 0 unspecified atom stereocenters. The van der Waals surface area contributed by atoms with E-state index in [-0.39, 0.29) is 17.6 Å². The molecule has 0 radical (unpaired) electrons. The number of methoxy groups -OCH3 is 1. The van der Waals surface area contributed by atoms with E-state index < -0.39 is 6.61 Å². The number of carbonyl (C=O) groups is 1. The molecule has 1 saturated heterocycles. The lowest BCUT2D eigenvalue weighted by atomic mass is 10.1. The van der Waals surface area contributed by atoms with Crippen molar-refractivity contribution in [1.82, 2.24) is 15.1 Å². The Labute approximate surface area is 175 Å². The Morgan fingerprint density at radius 2 is 1.87 bits per heavy atom. The maximum absolute atomic E-state index is 12.6. The summed E-state index contributed by atoms with van der Waals surface area (Å²) in [7, 11) is 1.40. The number of nitrogens with one attached hydrogen (secondary N) is 1. The van der Waals surface area contributed by atoms with Crippen LogP contribution < -0.4 is 14.8 Å². The van der Waals surface area contributed by atoms with Crippen molar-refractivity contribution in [2.45, 2.75) is 26.9 Å². The average molecular weight is 428 g/mol. The van der Waals surface area contributed by atoms with Crippen LogP contribution in [0.5, 0.6) is 11.5 Å². The second-order valence-corrected chi connectivity index (χ2v) is 6.52. The van der Waals surface area contributed by atoms with Crippen LogP contribution in [0.25, 0.3) is 0 Å². The first kappa shape index (κ1) is 23.5. The topological polar surface area (TPSA) is 75.6 Å². The van der Waals surface area contributed by atoms with Gasteiger partial charge in [0.05, 0.1) is 13.7 Å². The number of guanidine groups is 1. The van der Waals surface area contributed by atoms with Gasteiger partial charge < -0.3 is 29.3 Å². The first-order valence-electron chi connectivity index (χ1n) is 10.0. The molecule has 10 heteroatoms. The number of carbonyl (C=O) groups excluding carboxylic acids is 1. The van der Waals surface area contributed by atoms with Crippen molar-refractivity contribution < 1.29 is 27.8 Å². The van der Waals surface area contributed by atoms with Crippen LogP contribution in [0.1, 0.15) is 19.4 Å². The molecule has 1 aromatic rings. The van der Waals surface area contributed by atoms with Gasteiger partial charge in [-0.1, -0.05) is 6.07 Å². The van der Waals surface area contributed by atoms with Crippen molar-refractivity contribution in [2.24, 2.45) is 4.99 Å². The van der Waals surface area contributed by atoms with Gasteiger partial charge in [0.15, 0.2) is 17.5 Å². The maximum atomic E-state index is 12.6. The molecule has 1 fully saturated rings. The molecule has 8 nitrogen and oxygen atoms in total. The van der Waals surface area contributed by atoms with E-state index in [9.17, 15) is 13.6 Å². The average Bonchev–Trinajstić information content (AvgIpc) is 2.73. The molecule has 168 valence electrons. The fraction of sp³-hybridized carbons (Fsp3) is 0.600. The summed E-state index contributed by atoms with van der Waals surface area (Å²) in [5, 5.41) is 3.26. The second-order valence-electron chi connectivity index (χ2n) is 6.52. The first-order chi connectivity index (χ1) is 14.5. The SMILES string of the molecule is CCNC(=NCCc1ccc(OC)c(OC(F)F)c1)N1CCN(C(=O)OCC)CC1. The van der Waals surface area contributed by atoms with Gasteiger partial charge in [-0.25, -0.2) is 4.79 Å². The highest BCUT2D eigenvalue weighted by Gasteiger charge is 2.23. The predicted octanol–water partition coefficient (Wildman–Crippen LogP) is 2.58. The number of ether oxygens (including phenoxy) is 3. The summed E-state index contributed by atoms with van der Waals surface area (Å²) >= 11 is 0. The van der Waals surface area contributed by atoms with Crippen molar-refractivity contribution in [2.75, 3.05) is 53.0 Å². The van der Waals surface area contributed by atoms with Gasteiger partial charge in [-0.05, 0) is 38.0 Å². The quantitative estimate of drug-likeness (QED) is 0.507. The van der Waals surface area contributed by atoms with Crippen LogP contribution in [0.15, 0.2) is 23.2 Å². The summed E-state index contributed by atoms with van der Waals surface area (Å²) in [6, 6.07) is 4.96. The van der Waals surface area contributed by atoms with Crippen LogP contribution >= 0.6 is 0 Å². The predicted molar refractivity (Wildman–Crippen MR) is 109 cm³/mol. The van der Waals surface area contributed by atoms with Gasteiger partial charge >= 0.3 is 12.7 Å². The van der Waals surface area contributed by atoms with Gasteiger partial charge in [0, 0.05) is 39.3 Å². The van der Waals surface area contributed by atoms with E-state index >= 15 is 0 Å². The Morgan fingerprint density at radius 3 is 2.47 bits per heavy atom. The highest BCUT2D eigenvalue weighted by molar-refractivity contribution is 5.80. The Balaban J connectivity index is 1.96. The van der Waals surface area contributed by atoms with Crippen molar-refractivity contribution >= 4 is 12.1 Å². The molecule has 1 aromatic carbocycles. The number of alkyl halides is 2. The fourth-order valence-electron chi connectivity index (χ4n) is 3.10. The number of hydrogen-bond acceptors (Lipinski definition) is 5. The van der Waals surface area contributed by atoms with Crippen molar-refractivity contribution in [3.8, 4) is 11.5 Å². The van der Waals surface area contributed by atoms with Gasteiger partial charge in [-0.2, -0.15) is 8.78 Å². The maximum Gasteiger partial charge on any atom is 0.409 e. The van der Waals surface area contributed by atoms with Gasteiger partial charge in [0.2, 0.25) is 0 Å². The monoisotopic (exact) mass is 428 g/mol. The molecule has 0 saturated carbocycles. The highest BCUT2D eigenvalue weighted by atomic mass is 19.3. The third kappa shape index (κ3) is 6.93. The Morgan fingerprint density at radius 1 is 1.17 bits per heavy atom. The number of aliphatic imine (C=N–C) groups is 1. The molecule has 1 N–H and O–H groups in total. The number of piperazine rings is 1. The van der Waals surface area contributed by atoms with Crippen LogP contribution in [0, 0.1) is 0 Å². The highest BCUT2D eigenvalue weighted by Crippen LogP contribution is 2.29. The van der Waals surface area contributed by atoms with Crippen molar-refractivity contribution in [3.63, 3.8) is 0 Å². The van der Waals surface area contributed by atoms with Crippen molar-refractivity contribution in [3.05, 3.63) is 23.8 Å². The lowest BCUT2D eigenvalue weighted by Crippen LogP contribution is -2.54. The minimum absolute atomic E-state index is 0.0102. The third-order valence-electron chi connectivity index (χ3n) is 4.55. The minimum Gasteiger partial charge on any atom is -0.493 e. The van der Waals surface area contributed by atoms with E-state index in [1.54, 1.807) is 30.0 Å². The smallest absolute Gasteiger partial charge is 0.409 e. The summed E-state index contributed by atoms with van der Waals surface area (Å²) in [4.78, 5) is 20.3. The van der Waals surface area contributed by atoms with Crippen LogP contribution in [0.4, 0.5) is 13.6 Å². The normalized spacial score (nSPS) is 14.7. The number of rotatable bonds is 8. The zero-order valence-corrected chi connectivity index (χ0v) is 17.7. The molecule has 0 aliphatic carbocycles. The zero-order valence-electron chi connectivity index (χ0n) is 17.7. The summed E-state index contributed by atoms with van der Waals surface area (Å²) in [6.45, 7) is 4.84. The second kappa shape index (κ2) is 12.0. The standard InChI is InChI=1S/C20H30F2N4O4/c1-4-23-19(25-10-12-26(13-11-25)20(27)29-5-2)24-9-8-15-6-7-16(28-3)17(14-15)30-18(21)22/h6-7,14,18H,4-5,8-13H2,1-3H3,(H,23,24). The Bertz CT molecular complexity index is 710. The van der Waals surface area contributed by atoms with E-state index in [4.69, 9.17) is 9.47 Å². The van der Waals surface area contributed by atoms with Gasteiger partial charge in [-0.15, -0.1) is 0 Å². The van der Waals surface area contributed by atoms with E-state index in [1.807, 2.05) is 6.92 Å². The molecule has 0 spiro atoms. The van der Waals surface area contributed by atoms with Crippen LogP contribution in [-0.4, -0.2) is 81.4 Å². The molecule has 1 amide bonds. The number of nitrogens with zero attached hydrogens (tertiary/aromatic N) is 3. The Kier molecular flexibility index (Phi) is 9.43. The first-order valence-corrected chi connectivity index (χ1v) is 10.0. The lowest BCUT2D eigenvalue weighted by Gasteiger charge is -2.35. The van der Waals surface area contributed by atoms with Gasteiger partial charge in [0.25, 0.3) is 0 Å². The molecular formula is C20H30F2N4O4. The number of amides is 1. The van der Waals surface area contributed by atoms with Crippen molar-refractivity contribution in [1.29, 1.82) is 0 Å². The van der Waals surface area contributed by atoms with Crippen LogP contribution in [0.3, 0.4) is 0 Å². The molecular weight excluding hydrogens is 398 g/mol. The van der Waals surface area contributed by atoms with E-state index in [1.165, 1.54) is 7.11 Å². The Hall–Kier alpha value is -2.78. The minimum atomic E-state index is -2.92. The molecule has 1 aliphatic heterocycles. The fourth-order valence-corrected chi connectivity index (χ4v) is 3.10. The summed E-state index contributed by atoms with van der Waals surface area (Å²) in [5.74, 6) is 1.03. The largest absolute Gasteiger partial charge is 0.493 e. The molecule has 30 heavy (non-hydrogen) atoms. The van der Waals surface area contributed by atoms with Crippen LogP contribution in [-0.2, 0) is 11.2 Å². The molecule has 0 atom stereocenters. The number of benzene rings is 1. The number of hydrogen-bond donors (Lipinski definition) is 1. The van der Waals surface area contributed by atoms with E-state index in [0.29, 0.717) is 52.3 Å². The summed E-state index contributed by atoms with van der Waals surface area (Å²) in [5.41, 5.74) is 0.818. The molecule has 0 aromatic heterocycles. The van der Waals surface area contributed by atoms with E-state index in [0.717, 1.165) is 11.5 Å². The molecule has 2 rings (SSSR count). The molecule has 1 heterocycles. The van der Waals surface area contributed by atoms with Gasteiger partial charge in [-0.3, -0.25) is 4.99 Å². The number of halogens is 2. The molecule has 0 bridgehead atoms. The summed E-state index contributed by atoms with van der Waals surface area (Å²) < 4.78 is 39.8. The molecule has 1 aliphatic rings. The summed E-state index contributed by atoms with van der Waals surface area (Å²) in [6.07, 6.45) is 0.266. The lowest BCUT2D eigenvalue weighted by molar-refractivity contribution is -0.0512.